The van der Waals surface area contributed by atoms with Crippen molar-refractivity contribution in [3.63, 3.8) is 0 Å². The summed E-state index contributed by atoms with van der Waals surface area (Å²) in [5.41, 5.74) is 5.69. The van der Waals surface area contributed by atoms with Gasteiger partial charge < -0.3 is 11.1 Å². The number of nitrogens with two attached hydrogens (primary N) is 1. The van der Waals surface area contributed by atoms with Crippen LogP contribution in [0.2, 0.25) is 0 Å². The summed E-state index contributed by atoms with van der Waals surface area (Å²) in [6.07, 6.45) is 0.233. The zero-order chi connectivity index (χ0) is 22.6. The first-order valence-electron chi connectivity index (χ1n) is 10.4. The lowest BCUT2D eigenvalue weighted by atomic mass is 9.76. The molecule has 3 aliphatic rings. The molecule has 9 heteroatoms. The number of hydrogen-bond donors (Lipinski definition) is 3. The SMILES string of the molecule is NC(=O)CCC1NC2(C(=O)Nc3ccccc32)[C@@H]2C(=O)N(Cc3ccc(F)cc3)C(=O)[C@H]12. The highest BCUT2D eigenvalue weighted by atomic mass is 19.1. The molecule has 4 amide bonds. The summed E-state index contributed by atoms with van der Waals surface area (Å²) in [4.78, 5) is 52.8. The van der Waals surface area contributed by atoms with Gasteiger partial charge in [0.15, 0.2) is 0 Å². The molecule has 0 aromatic heterocycles. The van der Waals surface area contributed by atoms with Crippen LogP contribution in [0, 0.1) is 17.7 Å². The van der Waals surface area contributed by atoms with Crippen molar-refractivity contribution in [3.8, 4) is 0 Å². The van der Waals surface area contributed by atoms with Crippen LogP contribution in [0.3, 0.4) is 0 Å². The smallest absolute Gasteiger partial charge is 0.250 e. The van der Waals surface area contributed by atoms with E-state index in [1.807, 2.05) is 0 Å². The Morgan fingerprint density at radius 3 is 2.50 bits per heavy atom. The molecule has 2 aromatic carbocycles. The van der Waals surface area contributed by atoms with E-state index in [0.717, 1.165) is 4.90 Å². The van der Waals surface area contributed by atoms with Crippen molar-refractivity contribution < 1.29 is 23.6 Å². The summed E-state index contributed by atoms with van der Waals surface area (Å²) < 4.78 is 13.3. The monoisotopic (exact) mass is 436 g/mol. The maximum atomic E-state index is 13.6. The van der Waals surface area contributed by atoms with Gasteiger partial charge in [-0.15, -0.1) is 0 Å². The Bertz CT molecular complexity index is 1150. The quantitative estimate of drug-likeness (QED) is 0.604. The number of hydrogen-bond acceptors (Lipinski definition) is 5. The summed E-state index contributed by atoms with van der Waals surface area (Å²) in [6, 6.07) is 12.0. The lowest BCUT2D eigenvalue weighted by molar-refractivity contribution is -0.143. The van der Waals surface area contributed by atoms with Gasteiger partial charge in [0.1, 0.15) is 11.4 Å². The van der Waals surface area contributed by atoms with Gasteiger partial charge in [0.2, 0.25) is 23.6 Å². The van der Waals surface area contributed by atoms with Gasteiger partial charge >= 0.3 is 0 Å². The van der Waals surface area contributed by atoms with Gasteiger partial charge in [0.25, 0.3) is 0 Å². The molecule has 3 heterocycles. The van der Waals surface area contributed by atoms with Crippen LogP contribution in [0.5, 0.6) is 0 Å². The minimum absolute atomic E-state index is 0.0136. The normalized spacial score (nSPS) is 28.2. The van der Waals surface area contributed by atoms with E-state index in [2.05, 4.69) is 10.6 Å². The molecule has 4 N–H and O–H groups in total. The van der Waals surface area contributed by atoms with Crippen molar-refractivity contribution in [1.29, 1.82) is 0 Å². The van der Waals surface area contributed by atoms with Gasteiger partial charge in [0, 0.05) is 23.7 Å². The molecule has 2 saturated heterocycles. The number of primary amides is 1. The highest BCUT2D eigenvalue weighted by Crippen LogP contribution is 2.53. The number of halogens is 1. The van der Waals surface area contributed by atoms with Crippen molar-refractivity contribution in [3.05, 3.63) is 65.5 Å². The van der Waals surface area contributed by atoms with Crippen molar-refractivity contribution in [2.75, 3.05) is 5.32 Å². The Kier molecular flexibility index (Phi) is 4.59. The third-order valence-electron chi connectivity index (χ3n) is 6.67. The predicted octanol–water partition coefficient (Wildman–Crippen LogP) is 1.01. The number of carbonyl (C=O) groups excluding carboxylic acids is 4. The van der Waals surface area contributed by atoms with Crippen molar-refractivity contribution in [2.45, 2.75) is 31.0 Å². The molecule has 1 spiro atoms. The number of likely N-dealkylation sites (tertiary alicyclic amines) is 1. The fraction of sp³-hybridized carbons (Fsp3) is 0.304. The van der Waals surface area contributed by atoms with E-state index >= 15 is 0 Å². The second-order valence-corrected chi connectivity index (χ2v) is 8.46. The van der Waals surface area contributed by atoms with E-state index < -0.39 is 52.9 Å². The average molecular weight is 436 g/mol. The van der Waals surface area contributed by atoms with Gasteiger partial charge in [-0.25, -0.2) is 4.39 Å². The van der Waals surface area contributed by atoms with Crippen molar-refractivity contribution >= 4 is 29.3 Å². The molecule has 164 valence electrons. The number of fused-ring (bicyclic) bond motifs is 4. The molecule has 4 atom stereocenters. The van der Waals surface area contributed by atoms with Crippen LogP contribution in [-0.4, -0.2) is 34.6 Å². The molecule has 2 aromatic rings. The Morgan fingerprint density at radius 1 is 1.06 bits per heavy atom. The summed E-state index contributed by atoms with van der Waals surface area (Å²) in [5, 5.41) is 6.06. The molecule has 2 unspecified atom stereocenters. The summed E-state index contributed by atoms with van der Waals surface area (Å²) in [6.45, 7) is -0.0210. The molecule has 0 bridgehead atoms. The van der Waals surface area contributed by atoms with Crippen LogP contribution in [0.25, 0.3) is 0 Å². The largest absolute Gasteiger partial charge is 0.370 e. The Morgan fingerprint density at radius 2 is 1.78 bits per heavy atom. The molecule has 8 nitrogen and oxygen atoms in total. The maximum Gasteiger partial charge on any atom is 0.250 e. The number of nitrogens with one attached hydrogen (secondary N) is 2. The fourth-order valence-corrected chi connectivity index (χ4v) is 5.29. The van der Waals surface area contributed by atoms with Crippen LogP contribution in [-0.2, 0) is 31.3 Å². The number of anilines is 1. The number of nitrogens with zero attached hydrogens (tertiary/aromatic N) is 1. The van der Waals surface area contributed by atoms with Crippen molar-refractivity contribution in [2.24, 2.45) is 17.6 Å². The second kappa shape index (κ2) is 7.23. The zero-order valence-electron chi connectivity index (χ0n) is 17.0. The van der Waals surface area contributed by atoms with Crippen molar-refractivity contribution in [1.82, 2.24) is 10.2 Å². The van der Waals surface area contributed by atoms with E-state index in [0.29, 0.717) is 16.8 Å². The highest BCUT2D eigenvalue weighted by molar-refractivity contribution is 6.15. The molecular formula is C23H21FN4O4. The average Bonchev–Trinajstić information content (AvgIpc) is 3.34. The van der Waals surface area contributed by atoms with Crippen LogP contribution >= 0.6 is 0 Å². The molecule has 3 aliphatic heterocycles. The van der Waals surface area contributed by atoms with E-state index in [1.54, 1.807) is 24.3 Å². The van der Waals surface area contributed by atoms with Gasteiger partial charge in [-0.3, -0.25) is 29.4 Å². The Hall–Kier alpha value is -3.59. The van der Waals surface area contributed by atoms with Crippen LogP contribution in [0.15, 0.2) is 48.5 Å². The topological polar surface area (TPSA) is 122 Å². The van der Waals surface area contributed by atoms with Crippen LogP contribution < -0.4 is 16.4 Å². The molecule has 0 saturated carbocycles. The second-order valence-electron chi connectivity index (χ2n) is 8.46. The number of benzene rings is 2. The van der Waals surface area contributed by atoms with E-state index in [4.69, 9.17) is 5.73 Å². The van der Waals surface area contributed by atoms with Gasteiger partial charge in [-0.2, -0.15) is 0 Å². The highest BCUT2D eigenvalue weighted by Gasteiger charge is 2.70. The number of carbonyl (C=O) groups is 4. The molecule has 5 rings (SSSR count). The third-order valence-corrected chi connectivity index (χ3v) is 6.67. The lowest BCUT2D eigenvalue weighted by Gasteiger charge is -2.29. The Labute approximate surface area is 182 Å². The molecular weight excluding hydrogens is 415 g/mol. The number of rotatable bonds is 5. The van der Waals surface area contributed by atoms with Gasteiger partial charge in [-0.1, -0.05) is 30.3 Å². The standard InChI is InChI=1S/C23H21FN4O4/c24-13-7-5-12(6-8-13)11-28-20(30)18-16(9-10-17(25)29)27-23(19(18)21(28)31)14-3-1-2-4-15(14)26-22(23)32/h1-8,16,18-19,27H,9-11H2,(H2,25,29)(H,26,32)/t16?,18-,19+,23?/m1/s1. The zero-order valence-corrected chi connectivity index (χ0v) is 17.0. The first-order chi connectivity index (χ1) is 15.3. The van der Waals surface area contributed by atoms with Gasteiger partial charge in [-0.05, 0) is 30.2 Å². The first-order valence-corrected chi connectivity index (χ1v) is 10.4. The number of imide groups is 1. The summed E-state index contributed by atoms with van der Waals surface area (Å²) in [7, 11) is 0. The lowest BCUT2D eigenvalue weighted by Crippen LogP contribution is -2.53. The van der Waals surface area contributed by atoms with E-state index in [9.17, 15) is 23.6 Å². The number of para-hydroxylation sites is 1. The third kappa shape index (κ3) is 2.85. The molecule has 0 aliphatic carbocycles. The van der Waals surface area contributed by atoms with Crippen LogP contribution in [0.4, 0.5) is 10.1 Å². The predicted molar refractivity (Wildman–Crippen MR) is 111 cm³/mol. The summed E-state index contributed by atoms with van der Waals surface area (Å²) in [5.74, 6) is -4.01. The van der Waals surface area contributed by atoms with Crippen LogP contribution in [0.1, 0.15) is 24.0 Å². The molecule has 2 fully saturated rings. The minimum atomic E-state index is -1.41. The van der Waals surface area contributed by atoms with E-state index in [1.165, 1.54) is 24.3 Å². The molecule has 0 radical (unpaired) electrons. The maximum absolute atomic E-state index is 13.6. The first kappa shape index (κ1) is 20.3. The molecule has 32 heavy (non-hydrogen) atoms. The minimum Gasteiger partial charge on any atom is -0.370 e. The van der Waals surface area contributed by atoms with E-state index in [-0.39, 0.29) is 19.4 Å². The fourth-order valence-electron chi connectivity index (χ4n) is 5.29. The Balaban J connectivity index is 1.56. The summed E-state index contributed by atoms with van der Waals surface area (Å²) >= 11 is 0. The van der Waals surface area contributed by atoms with Gasteiger partial charge in [0.05, 0.1) is 18.4 Å². The number of amides is 4.